The Hall–Kier alpha value is -1.10. The van der Waals surface area contributed by atoms with Gasteiger partial charge in [-0.2, -0.15) is 0 Å². The quantitative estimate of drug-likeness (QED) is 0.736. The van der Waals surface area contributed by atoms with Gasteiger partial charge in [0.2, 0.25) is 5.91 Å². The van der Waals surface area contributed by atoms with Crippen molar-refractivity contribution in [2.45, 2.75) is 58.0 Å². The Kier molecular flexibility index (Phi) is 6.28. The van der Waals surface area contributed by atoms with Gasteiger partial charge in [-0.15, -0.1) is 0 Å². The second-order valence-corrected chi connectivity index (χ2v) is 5.84. The first-order valence-electron chi connectivity index (χ1n) is 7.07. The van der Waals surface area contributed by atoms with Crippen LogP contribution in [0.2, 0.25) is 0 Å². The Labute approximate surface area is 115 Å². The Morgan fingerprint density at radius 2 is 2.05 bits per heavy atom. The molecule has 5 heteroatoms. The van der Waals surface area contributed by atoms with Gasteiger partial charge in [0.25, 0.3) is 0 Å². The molecular weight excluding hydrogens is 244 g/mol. The lowest BCUT2D eigenvalue weighted by Gasteiger charge is -2.27. The molecule has 3 atom stereocenters. The van der Waals surface area contributed by atoms with Gasteiger partial charge in [0.15, 0.2) is 0 Å². The average Bonchev–Trinajstić information content (AvgIpc) is 2.36. The molecule has 0 spiro atoms. The largest absolute Gasteiger partial charge is 0.467 e. The summed E-state index contributed by atoms with van der Waals surface area (Å²) in [6.45, 7) is 4.03. The SMILES string of the molecule is COC(=O)C(CC(C)C)NC(=O)C1CCCC(N)C1. The molecule has 1 amide bonds. The lowest BCUT2D eigenvalue weighted by atomic mass is 9.85. The predicted molar refractivity (Wildman–Crippen MR) is 73.3 cm³/mol. The molecule has 1 fully saturated rings. The standard InChI is InChI=1S/C14H26N2O3/c1-9(2)7-12(14(18)19-3)16-13(17)10-5-4-6-11(15)8-10/h9-12H,4-8,15H2,1-3H3,(H,16,17). The van der Waals surface area contributed by atoms with Crippen molar-refractivity contribution in [3.05, 3.63) is 0 Å². The first-order chi connectivity index (χ1) is 8.93. The van der Waals surface area contributed by atoms with Crippen LogP contribution in [0.1, 0.15) is 46.0 Å². The molecule has 3 N–H and O–H groups in total. The monoisotopic (exact) mass is 270 g/mol. The third-order valence-corrected chi connectivity index (χ3v) is 3.59. The van der Waals surface area contributed by atoms with E-state index in [2.05, 4.69) is 5.32 Å². The molecular formula is C14H26N2O3. The van der Waals surface area contributed by atoms with Gasteiger partial charge in [-0.3, -0.25) is 4.79 Å². The highest BCUT2D eigenvalue weighted by molar-refractivity contribution is 5.85. The number of ether oxygens (including phenoxy) is 1. The molecule has 5 nitrogen and oxygen atoms in total. The van der Waals surface area contributed by atoms with E-state index in [1.807, 2.05) is 13.8 Å². The van der Waals surface area contributed by atoms with Gasteiger partial charge in [-0.1, -0.05) is 20.3 Å². The number of hydrogen-bond acceptors (Lipinski definition) is 4. The number of carbonyl (C=O) groups is 2. The highest BCUT2D eigenvalue weighted by atomic mass is 16.5. The Morgan fingerprint density at radius 3 is 2.58 bits per heavy atom. The van der Waals surface area contributed by atoms with Crippen molar-refractivity contribution >= 4 is 11.9 Å². The molecule has 0 aromatic rings. The Morgan fingerprint density at radius 1 is 1.37 bits per heavy atom. The van der Waals surface area contributed by atoms with E-state index in [-0.39, 0.29) is 23.8 Å². The van der Waals surface area contributed by atoms with E-state index < -0.39 is 6.04 Å². The maximum atomic E-state index is 12.2. The molecule has 0 aromatic carbocycles. The van der Waals surface area contributed by atoms with Crippen LogP contribution < -0.4 is 11.1 Å². The molecule has 19 heavy (non-hydrogen) atoms. The molecule has 1 rings (SSSR count). The van der Waals surface area contributed by atoms with Crippen LogP contribution in [0.4, 0.5) is 0 Å². The summed E-state index contributed by atoms with van der Waals surface area (Å²) in [6, 6.07) is -0.443. The van der Waals surface area contributed by atoms with E-state index in [0.29, 0.717) is 18.8 Å². The smallest absolute Gasteiger partial charge is 0.328 e. The van der Waals surface area contributed by atoms with E-state index in [9.17, 15) is 9.59 Å². The number of esters is 1. The van der Waals surface area contributed by atoms with Gasteiger partial charge in [0, 0.05) is 12.0 Å². The molecule has 1 aliphatic rings. The summed E-state index contributed by atoms with van der Waals surface area (Å²) in [4.78, 5) is 23.8. The summed E-state index contributed by atoms with van der Waals surface area (Å²) in [5.74, 6) is -0.186. The van der Waals surface area contributed by atoms with Gasteiger partial charge < -0.3 is 15.8 Å². The van der Waals surface area contributed by atoms with Crippen molar-refractivity contribution in [3.63, 3.8) is 0 Å². The van der Waals surface area contributed by atoms with E-state index in [1.54, 1.807) is 0 Å². The number of methoxy groups -OCH3 is 1. The van der Waals surface area contributed by atoms with Crippen LogP contribution in [0, 0.1) is 11.8 Å². The van der Waals surface area contributed by atoms with Crippen molar-refractivity contribution in [2.24, 2.45) is 17.6 Å². The van der Waals surface area contributed by atoms with Crippen LogP contribution in [0.5, 0.6) is 0 Å². The first kappa shape index (κ1) is 16.0. The van der Waals surface area contributed by atoms with Crippen LogP contribution >= 0.6 is 0 Å². The highest BCUT2D eigenvalue weighted by Gasteiger charge is 2.29. The van der Waals surface area contributed by atoms with Gasteiger partial charge in [-0.05, 0) is 31.6 Å². The first-order valence-corrected chi connectivity index (χ1v) is 7.07. The van der Waals surface area contributed by atoms with Gasteiger partial charge >= 0.3 is 5.97 Å². The minimum Gasteiger partial charge on any atom is -0.467 e. The number of rotatable bonds is 5. The Bertz CT molecular complexity index is 318. The molecule has 110 valence electrons. The zero-order valence-electron chi connectivity index (χ0n) is 12.1. The fraction of sp³-hybridized carbons (Fsp3) is 0.857. The summed E-state index contributed by atoms with van der Waals surface area (Å²) in [5.41, 5.74) is 5.89. The van der Waals surface area contributed by atoms with Crippen molar-refractivity contribution in [2.75, 3.05) is 7.11 Å². The lowest BCUT2D eigenvalue weighted by molar-refractivity contribution is -0.146. The molecule has 0 aliphatic heterocycles. The summed E-state index contributed by atoms with van der Waals surface area (Å²) in [6.07, 6.45) is 4.12. The summed E-state index contributed by atoms with van der Waals surface area (Å²) < 4.78 is 4.74. The van der Waals surface area contributed by atoms with E-state index in [1.165, 1.54) is 7.11 Å². The summed E-state index contributed by atoms with van der Waals surface area (Å²) >= 11 is 0. The fourth-order valence-electron chi connectivity index (χ4n) is 2.58. The second-order valence-electron chi connectivity index (χ2n) is 5.84. The zero-order valence-corrected chi connectivity index (χ0v) is 12.1. The van der Waals surface area contributed by atoms with Crippen molar-refractivity contribution in [1.29, 1.82) is 0 Å². The van der Waals surface area contributed by atoms with E-state index in [4.69, 9.17) is 10.5 Å². The lowest BCUT2D eigenvalue weighted by Crippen LogP contribution is -2.46. The Balaban J connectivity index is 2.57. The van der Waals surface area contributed by atoms with Crippen LogP contribution in [-0.4, -0.2) is 31.1 Å². The van der Waals surface area contributed by atoms with Crippen LogP contribution in [0.3, 0.4) is 0 Å². The maximum Gasteiger partial charge on any atom is 0.328 e. The van der Waals surface area contributed by atoms with E-state index in [0.717, 1.165) is 19.3 Å². The third kappa shape index (κ3) is 5.19. The second kappa shape index (κ2) is 7.48. The van der Waals surface area contributed by atoms with E-state index >= 15 is 0 Å². The topological polar surface area (TPSA) is 81.4 Å². The average molecular weight is 270 g/mol. The number of nitrogens with one attached hydrogen (secondary N) is 1. The summed E-state index contributed by atoms with van der Waals surface area (Å²) in [7, 11) is 1.35. The molecule has 0 bridgehead atoms. The minimum atomic E-state index is -0.546. The van der Waals surface area contributed by atoms with Gasteiger partial charge in [0.05, 0.1) is 7.11 Å². The molecule has 0 radical (unpaired) electrons. The van der Waals surface area contributed by atoms with Crippen LogP contribution in [-0.2, 0) is 14.3 Å². The van der Waals surface area contributed by atoms with Gasteiger partial charge in [0.1, 0.15) is 6.04 Å². The minimum absolute atomic E-state index is 0.0637. The number of nitrogens with two attached hydrogens (primary N) is 1. The summed E-state index contributed by atoms with van der Waals surface area (Å²) in [5, 5.41) is 2.82. The fourth-order valence-corrected chi connectivity index (χ4v) is 2.58. The predicted octanol–water partition coefficient (Wildman–Crippen LogP) is 1.21. The molecule has 0 saturated heterocycles. The molecule has 1 aliphatic carbocycles. The van der Waals surface area contributed by atoms with Crippen molar-refractivity contribution in [3.8, 4) is 0 Å². The highest BCUT2D eigenvalue weighted by Crippen LogP contribution is 2.23. The maximum absolute atomic E-state index is 12.2. The third-order valence-electron chi connectivity index (χ3n) is 3.59. The number of carbonyl (C=O) groups excluding carboxylic acids is 2. The van der Waals surface area contributed by atoms with Crippen molar-refractivity contribution in [1.82, 2.24) is 5.32 Å². The number of hydrogen-bond donors (Lipinski definition) is 2. The van der Waals surface area contributed by atoms with Crippen molar-refractivity contribution < 1.29 is 14.3 Å². The number of amides is 1. The molecule has 1 saturated carbocycles. The van der Waals surface area contributed by atoms with Crippen LogP contribution in [0.15, 0.2) is 0 Å². The normalized spacial score (nSPS) is 24.9. The molecule has 0 heterocycles. The molecule has 3 unspecified atom stereocenters. The zero-order chi connectivity index (χ0) is 14.4. The van der Waals surface area contributed by atoms with Crippen LogP contribution in [0.25, 0.3) is 0 Å². The van der Waals surface area contributed by atoms with Gasteiger partial charge in [-0.25, -0.2) is 4.79 Å². The molecule has 0 aromatic heterocycles.